The molecule has 2 nitrogen and oxygen atoms in total. The third kappa shape index (κ3) is 2.94. The highest BCUT2D eigenvalue weighted by atomic mass is 32.1. The number of nitrogens with one attached hydrogen (secondary N) is 1. The van der Waals surface area contributed by atoms with E-state index in [9.17, 15) is 4.79 Å². The van der Waals surface area contributed by atoms with Crippen molar-refractivity contribution in [2.45, 2.75) is 13.0 Å². The first-order valence-electron chi connectivity index (χ1n) is 5.17. The molecule has 0 spiro atoms. The third-order valence-corrected chi connectivity index (χ3v) is 3.38. The van der Waals surface area contributed by atoms with Gasteiger partial charge in [-0.3, -0.25) is 4.79 Å². The zero-order valence-corrected chi connectivity index (χ0v) is 9.67. The van der Waals surface area contributed by atoms with Crippen LogP contribution < -0.4 is 5.32 Å². The van der Waals surface area contributed by atoms with Crippen LogP contribution in [0.15, 0.2) is 42.5 Å². The van der Waals surface area contributed by atoms with Gasteiger partial charge in [-0.05, 0) is 17.7 Å². The van der Waals surface area contributed by atoms with Crippen molar-refractivity contribution in [1.82, 2.24) is 5.32 Å². The van der Waals surface area contributed by atoms with Gasteiger partial charge in [-0.1, -0.05) is 30.3 Å². The lowest BCUT2D eigenvalue weighted by molar-refractivity contribution is -0.109. The number of amides is 1. The molecule has 0 radical (unpaired) electrons. The lowest BCUT2D eigenvalue weighted by atomic mass is 10.1. The van der Waals surface area contributed by atoms with Crippen LogP contribution in [-0.2, 0) is 17.8 Å². The van der Waals surface area contributed by atoms with Crippen molar-refractivity contribution in [2.75, 3.05) is 0 Å². The summed E-state index contributed by atoms with van der Waals surface area (Å²) in [6.45, 7) is 0.628. The Kier molecular flexibility index (Phi) is 3.72. The summed E-state index contributed by atoms with van der Waals surface area (Å²) in [4.78, 5) is 12.7. The molecule has 0 aliphatic carbocycles. The maximum absolute atomic E-state index is 10.2. The highest BCUT2D eigenvalue weighted by Gasteiger charge is 2.00. The fraction of sp³-hybridized carbons (Fsp3) is 0.154. The normalized spacial score (nSPS) is 10.0. The largest absolute Gasteiger partial charge is 0.354 e. The first kappa shape index (κ1) is 10.9. The van der Waals surface area contributed by atoms with Gasteiger partial charge in [0.15, 0.2) is 0 Å². The highest BCUT2D eigenvalue weighted by molar-refractivity contribution is 7.12. The summed E-state index contributed by atoms with van der Waals surface area (Å²) in [6, 6.07) is 14.6. The second kappa shape index (κ2) is 5.47. The van der Waals surface area contributed by atoms with E-state index in [2.05, 4.69) is 41.7 Å². The molecule has 0 unspecified atom stereocenters. The van der Waals surface area contributed by atoms with Crippen molar-refractivity contribution in [3.63, 3.8) is 0 Å². The molecular weight excluding hydrogens is 218 g/mol. The summed E-state index contributed by atoms with van der Waals surface area (Å²) in [5, 5.41) is 2.67. The summed E-state index contributed by atoms with van der Waals surface area (Å²) in [7, 11) is 0. The Balaban J connectivity index is 2.00. The minimum Gasteiger partial charge on any atom is -0.354 e. The molecule has 1 aromatic heterocycles. The van der Waals surface area contributed by atoms with Crippen LogP contribution in [-0.4, -0.2) is 6.41 Å². The number of rotatable bonds is 5. The lowest BCUT2D eigenvalue weighted by Crippen LogP contribution is -2.07. The monoisotopic (exact) mass is 231 g/mol. The van der Waals surface area contributed by atoms with Crippen molar-refractivity contribution >= 4 is 17.7 Å². The van der Waals surface area contributed by atoms with Crippen LogP contribution in [0.1, 0.15) is 15.3 Å². The summed E-state index contributed by atoms with van der Waals surface area (Å²) in [5.41, 5.74) is 1.32. The molecule has 1 aromatic carbocycles. The molecule has 82 valence electrons. The van der Waals surface area contributed by atoms with Crippen molar-refractivity contribution < 1.29 is 4.79 Å². The number of carbonyl (C=O) groups excluding carboxylic acids is 1. The van der Waals surface area contributed by atoms with Gasteiger partial charge >= 0.3 is 0 Å². The van der Waals surface area contributed by atoms with E-state index in [1.54, 1.807) is 11.3 Å². The van der Waals surface area contributed by atoms with Gasteiger partial charge in [0, 0.05) is 16.2 Å². The van der Waals surface area contributed by atoms with Gasteiger partial charge < -0.3 is 5.32 Å². The Labute approximate surface area is 98.9 Å². The molecule has 3 heteroatoms. The quantitative estimate of drug-likeness (QED) is 0.787. The van der Waals surface area contributed by atoms with Gasteiger partial charge in [0.05, 0.1) is 6.54 Å². The summed E-state index contributed by atoms with van der Waals surface area (Å²) in [5.74, 6) is 0. The minimum atomic E-state index is 0.628. The van der Waals surface area contributed by atoms with Gasteiger partial charge in [0.1, 0.15) is 0 Å². The molecule has 0 aliphatic rings. The van der Waals surface area contributed by atoms with Gasteiger partial charge in [0.2, 0.25) is 6.41 Å². The van der Waals surface area contributed by atoms with Gasteiger partial charge in [0.25, 0.3) is 0 Å². The maximum Gasteiger partial charge on any atom is 0.207 e. The zero-order valence-electron chi connectivity index (χ0n) is 8.85. The Morgan fingerprint density at radius 3 is 2.56 bits per heavy atom. The van der Waals surface area contributed by atoms with Gasteiger partial charge in [-0.25, -0.2) is 0 Å². The predicted octanol–water partition coefficient (Wildman–Crippen LogP) is 2.58. The first-order valence-corrected chi connectivity index (χ1v) is 5.98. The van der Waals surface area contributed by atoms with Crippen molar-refractivity contribution in [3.05, 3.63) is 57.8 Å². The number of carbonyl (C=O) groups is 1. The predicted molar refractivity (Wildman–Crippen MR) is 66.5 cm³/mol. The fourth-order valence-corrected chi connectivity index (χ4v) is 2.55. The maximum atomic E-state index is 10.2. The molecule has 0 saturated heterocycles. The van der Waals surface area contributed by atoms with Gasteiger partial charge in [-0.15, -0.1) is 11.3 Å². The summed E-state index contributed by atoms with van der Waals surface area (Å²) < 4.78 is 0. The van der Waals surface area contributed by atoms with Crippen molar-refractivity contribution in [1.29, 1.82) is 0 Å². The number of hydrogen-bond donors (Lipinski definition) is 1. The number of hydrogen-bond acceptors (Lipinski definition) is 2. The summed E-state index contributed by atoms with van der Waals surface area (Å²) in [6.07, 6.45) is 1.70. The molecule has 0 saturated carbocycles. The molecule has 2 aromatic rings. The molecule has 2 rings (SSSR count). The first-order chi connectivity index (χ1) is 7.88. The van der Waals surface area contributed by atoms with E-state index in [1.807, 2.05) is 6.07 Å². The Morgan fingerprint density at radius 2 is 1.81 bits per heavy atom. The van der Waals surface area contributed by atoms with E-state index in [0.29, 0.717) is 6.54 Å². The van der Waals surface area contributed by atoms with Crippen LogP contribution in [0.4, 0.5) is 0 Å². The number of benzene rings is 1. The molecule has 0 fully saturated rings. The van der Waals surface area contributed by atoms with Crippen LogP contribution in [0.2, 0.25) is 0 Å². The molecular formula is C13H13NOS. The topological polar surface area (TPSA) is 29.1 Å². The molecule has 0 aliphatic heterocycles. The average molecular weight is 231 g/mol. The molecule has 1 heterocycles. The van der Waals surface area contributed by atoms with Crippen LogP contribution in [0.3, 0.4) is 0 Å². The molecule has 1 N–H and O–H groups in total. The Bertz CT molecular complexity index is 450. The van der Waals surface area contributed by atoms with Crippen LogP contribution in [0.25, 0.3) is 0 Å². The average Bonchev–Trinajstić information content (AvgIpc) is 2.75. The third-order valence-electron chi connectivity index (χ3n) is 2.30. The smallest absolute Gasteiger partial charge is 0.207 e. The molecule has 0 bridgehead atoms. The second-order valence-electron chi connectivity index (χ2n) is 3.53. The van der Waals surface area contributed by atoms with E-state index in [0.717, 1.165) is 12.8 Å². The van der Waals surface area contributed by atoms with Crippen LogP contribution in [0.5, 0.6) is 0 Å². The van der Waals surface area contributed by atoms with E-state index in [4.69, 9.17) is 0 Å². The van der Waals surface area contributed by atoms with E-state index >= 15 is 0 Å². The Hall–Kier alpha value is -1.61. The molecule has 16 heavy (non-hydrogen) atoms. The van der Waals surface area contributed by atoms with E-state index in [-0.39, 0.29) is 0 Å². The zero-order chi connectivity index (χ0) is 11.2. The van der Waals surface area contributed by atoms with E-state index < -0.39 is 0 Å². The Morgan fingerprint density at radius 1 is 1.06 bits per heavy atom. The molecule has 1 amide bonds. The van der Waals surface area contributed by atoms with Crippen LogP contribution in [0, 0.1) is 0 Å². The fourth-order valence-electron chi connectivity index (χ4n) is 1.55. The second-order valence-corrected chi connectivity index (χ2v) is 4.78. The van der Waals surface area contributed by atoms with Crippen molar-refractivity contribution in [2.24, 2.45) is 0 Å². The standard InChI is InChI=1S/C13H13NOS/c15-10-14-9-13-7-6-12(16-13)8-11-4-2-1-3-5-11/h1-7,10H,8-9H2,(H,14,15). The van der Waals surface area contributed by atoms with Gasteiger partial charge in [-0.2, -0.15) is 0 Å². The van der Waals surface area contributed by atoms with Crippen molar-refractivity contribution in [3.8, 4) is 0 Å². The minimum absolute atomic E-state index is 0.628. The summed E-state index contributed by atoms with van der Waals surface area (Å²) >= 11 is 1.75. The number of thiophene rings is 1. The molecule has 0 atom stereocenters. The highest BCUT2D eigenvalue weighted by Crippen LogP contribution is 2.19. The SMILES string of the molecule is O=CNCc1ccc(Cc2ccccc2)s1. The van der Waals surface area contributed by atoms with Crippen LogP contribution >= 0.6 is 11.3 Å². The van der Waals surface area contributed by atoms with E-state index in [1.165, 1.54) is 15.3 Å². The lowest BCUT2D eigenvalue weighted by Gasteiger charge is -1.97.